The first kappa shape index (κ1) is 17.2. The maximum Gasteiger partial charge on any atom is 0.290 e. The fourth-order valence-electron chi connectivity index (χ4n) is 1.95. The van der Waals surface area contributed by atoms with E-state index >= 15 is 0 Å². The average Bonchev–Trinajstić information content (AvgIpc) is 2.59. The van der Waals surface area contributed by atoms with Crippen molar-refractivity contribution in [3.8, 4) is 21.9 Å². The molecule has 0 spiro atoms. The van der Waals surface area contributed by atoms with Crippen molar-refractivity contribution in [1.29, 1.82) is 10.5 Å². The van der Waals surface area contributed by atoms with Gasteiger partial charge in [-0.25, -0.2) is 0 Å². The predicted octanol–water partition coefficient (Wildman–Crippen LogP) is 3.54. The van der Waals surface area contributed by atoms with Crippen molar-refractivity contribution in [2.24, 2.45) is 0 Å². The van der Waals surface area contributed by atoms with Crippen LogP contribution in [0, 0.1) is 41.6 Å². The number of nitro groups is 2. The Labute approximate surface area is 141 Å². The Balaban J connectivity index is 2.80. The van der Waals surface area contributed by atoms with Gasteiger partial charge in [0.1, 0.15) is 10.8 Å². The second kappa shape index (κ2) is 7.41. The number of nitrogens with zero attached hydrogens (tertiary/aromatic N) is 5. The van der Waals surface area contributed by atoms with Crippen molar-refractivity contribution in [3.05, 3.63) is 56.9 Å². The minimum absolute atomic E-state index is 0.236. The Kier molecular flexibility index (Phi) is 5.31. The smallest absolute Gasteiger partial charge is 0.264 e. The maximum atomic E-state index is 11.4. The maximum absolute atomic E-state index is 11.4. The van der Waals surface area contributed by atoms with Crippen LogP contribution in [0.2, 0.25) is 0 Å². The summed E-state index contributed by atoms with van der Waals surface area (Å²) in [4.78, 5) is 24.7. The van der Waals surface area contributed by atoms with Crippen LogP contribution in [0.15, 0.2) is 41.6 Å². The highest BCUT2D eigenvalue weighted by Gasteiger charge is 2.32. The molecule has 1 unspecified atom stereocenters. The molecule has 0 aliphatic heterocycles. The monoisotopic (exact) mass is 361 g/mol. The molecule has 0 bridgehead atoms. The van der Waals surface area contributed by atoms with Crippen LogP contribution < -0.4 is 0 Å². The van der Waals surface area contributed by atoms with Crippen molar-refractivity contribution >= 4 is 32.1 Å². The van der Waals surface area contributed by atoms with Gasteiger partial charge in [-0.05, 0) is 11.6 Å². The van der Waals surface area contributed by atoms with Crippen LogP contribution in [0.1, 0.15) is 0 Å². The van der Waals surface area contributed by atoms with Gasteiger partial charge in [0.15, 0.2) is 4.90 Å². The van der Waals surface area contributed by atoms with Crippen molar-refractivity contribution in [2.75, 3.05) is 0 Å². The van der Waals surface area contributed by atoms with Crippen molar-refractivity contribution < 1.29 is 9.85 Å². The van der Waals surface area contributed by atoms with Crippen LogP contribution in [0.3, 0.4) is 0 Å². The van der Waals surface area contributed by atoms with Gasteiger partial charge in [-0.3, -0.25) is 25.2 Å². The van der Waals surface area contributed by atoms with Gasteiger partial charge >= 0.3 is 0 Å². The number of pyridine rings is 1. The molecule has 0 radical (unpaired) electrons. The first-order valence-corrected chi connectivity index (χ1v) is 8.89. The largest absolute Gasteiger partial charge is 0.290 e. The highest BCUT2D eigenvalue weighted by molar-refractivity contribution is 8.88. The molecule has 0 saturated heterocycles. The minimum atomic E-state index is -2.08. The molecule has 0 aliphatic rings. The van der Waals surface area contributed by atoms with E-state index in [1.165, 1.54) is 12.4 Å². The number of nitro benzene ring substituents is 2. The summed E-state index contributed by atoms with van der Waals surface area (Å²) in [5.41, 5.74) is -0.415. The SMILES string of the molecule is N#CS[SH](C#N)c1c([N+](=O)[O-])cc(-c2cccnc2)cc1[N+](=O)[O-]. The van der Waals surface area contributed by atoms with Crippen LogP contribution in [0.4, 0.5) is 11.4 Å². The molecule has 1 aromatic carbocycles. The van der Waals surface area contributed by atoms with Crippen LogP contribution in [0.25, 0.3) is 11.1 Å². The molecule has 1 atom stereocenters. The summed E-state index contributed by atoms with van der Waals surface area (Å²) in [6.07, 6.45) is 2.92. The molecule has 0 N–H and O–H groups in total. The Bertz CT molecular complexity index is 856. The molecular weight excluding hydrogens is 354 g/mol. The van der Waals surface area contributed by atoms with Gasteiger partial charge in [-0.1, -0.05) is 16.0 Å². The van der Waals surface area contributed by atoms with E-state index in [4.69, 9.17) is 10.5 Å². The highest BCUT2D eigenvalue weighted by atomic mass is 33.1. The van der Waals surface area contributed by atoms with E-state index in [9.17, 15) is 20.2 Å². The molecule has 24 heavy (non-hydrogen) atoms. The molecule has 2 aromatic rings. The Morgan fingerprint density at radius 3 is 2.17 bits per heavy atom. The molecule has 9 nitrogen and oxygen atoms in total. The van der Waals surface area contributed by atoms with E-state index in [0.717, 1.165) is 12.1 Å². The zero-order chi connectivity index (χ0) is 17.7. The lowest BCUT2D eigenvalue weighted by atomic mass is 10.1. The van der Waals surface area contributed by atoms with Gasteiger partial charge in [0.05, 0.1) is 9.85 Å². The summed E-state index contributed by atoms with van der Waals surface area (Å²) in [5, 5.41) is 44.1. The molecule has 0 aliphatic carbocycles. The second-order valence-corrected chi connectivity index (χ2v) is 7.44. The van der Waals surface area contributed by atoms with E-state index in [-0.39, 0.29) is 10.5 Å². The van der Waals surface area contributed by atoms with Crippen LogP contribution in [0.5, 0.6) is 0 Å². The van der Waals surface area contributed by atoms with E-state index < -0.39 is 31.1 Å². The average molecular weight is 361 g/mol. The first-order chi connectivity index (χ1) is 11.5. The molecule has 1 aromatic heterocycles. The summed E-state index contributed by atoms with van der Waals surface area (Å²) in [6, 6.07) is 5.51. The highest BCUT2D eigenvalue weighted by Crippen LogP contribution is 2.55. The molecule has 120 valence electrons. The Hall–Kier alpha value is -3.15. The lowest BCUT2D eigenvalue weighted by molar-refractivity contribution is -0.399. The lowest BCUT2D eigenvalue weighted by Gasteiger charge is -2.11. The minimum Gasteiger partial charge on any atom is -0.264 e. The van der Waals surface area contributed by atoms with E-state index in [0.29, 0.717) is 16.4 Å². The van der Waals surface area contributed by atoms with Gasteiger partial charge in [0.25, 0.3) is 11.4 Å². The number of nitriles is 2. The summed E-state index contributed by atoms with van der Waals surface area (Å²) in [5.74, 6) is 0. The third kappa shape index (κ3) is 3.43. The number of hydrogen-bond acceptors (Lipinski definition) is 8. The predicted molar refractivity (Wildman–Crippen MR) is 89.1 cm³/mol. The van der Waals surface area contributed by atoms with Gasteiger partial charge in [0.2, 0.25) is 0 Å². The van der Waals surface area contributed by atoms with Gasteiger partial charge < -0.3 is 0 Å². The molecule has 0 saturated carbocycles. The molecule has 0 fully saturated rings. The van der Waals surface area contributed by atoms with Crippen molar-refractivity contribution in [2.45, 2.75) is 4.90 Å². The number of thiol groups is 1. The molecular formula is C13H7N5O4S2. The van der Waals surface area contributed by atoms with Gasteiger partial charge in [0, 0.05) is 40.9 Å². The van der Waals surface area contributed by atoms with E-state index in [1.54, 1.807) is 22.9 Å². The van der Waals surface area contributed by atoms with E-state index in [1.807, 2.05) is 0 Å². The van der Waals surface area contributed by atoms with Gasteiger partial charge in [-0.2, -0.15) is 10.5 Å². The second-order valence-electron chi connectivity index (χ2n) is 4.20. The summed E-state index contributed by atoms with van der Waals surface area (Å²) in [7, 11) is -1.60. The number of aromatic nitrogens is 1. The third-order valence-corrected chi connectivity index (χ3v) is 5.78. The standard InChI is InChI=1S/C13H7N5O4S2/c14-7-23-24(8-15)13-11(17(19)20)4-10(5-12(13)18(21)22)9-2-1-3-16-6-9/h1-6,24H. The Morgan fingerprint density at radius 2 is 1.75 bits per heavy atom. The van der Waals surface area contributed by atoms with Crippen LogP contribution in [-0.4, -0.2) is 14.8 Å². The molecule has 11 heteroatoms. The zero-order valence-corrected chi connectivity index (χ0v) is 13.4. The molecule has 2 rings (SSSR count). The molecule has 1 heterocycles. The lowest BCUT2D eigenvalue weighted by Crippen LogP contribution is -1.99. The van der Waals surface area contributed by atoms with Crippen LogP contribution in [-0.2, 0) is 0 Å². The van der Waals surface area contributed by atoms with Crippen molar-refractivity contribution in [3.63, 3.8) is 0 Å². The number of benzene rings is 1. The number of hydrogen-bond donors (Lipinski definition) is 1. The quantitative estimate of drug-likeness (QED) is 0.279. The molecule has 0 amide bonds. The fourth-order valence-corrected chi connectivity index (χ4v) is 4.17. The van der Waals surface area contributed by atoms with Crippen LogP contribution >= 0.6 is 20.7 Å². The summed E-state index contributed by atoms with van der Waals surface area (Å²) >= 11 is 0. The third-order valence-electron chi connectivity index (χ3n) is 2.88. The number of rotatable bonds is 5. The van der Waals surface area contributed by atoms with E-state index in [2.05, 4.69) is 4.98 Å². The summed E-state index contributed by atoms with van der Waals surface area (Å²) in [6.45, 7) is 0. The zero-order valence-electron chi connectivity index (χ0n) is 11.7. The topological polar surface area (TPSA) is 147 Å². The Morgan fingerprint density at radius 1 is 1.12 bits per heavy atom. The van der Waals surface area contributed by atoms with Crippen molar-refractivity contribution in [1.82, 2.24) is 4.98 Å². The fraction of sp³-hybridized carbons (Fsp3) is 0. The summed E-state index contributed by atoms with van der Waals surface area (Å²) < 4.78 is 0. The van der Waals surface area contributed by atoms with Gasteiger partial charge in [-0.15, -0.1) is 0 Å². The first-order valence-electron chi connectivity index (χ1n) is 6.12. The normalized spacial score (nSPS) is 11.8. The number of thiocyanates is 2.